The van der Waals surface area contributed by atoms with Crippen molar-refractivity contribution in [2.45, 2.75) is 64.0 Å². The standard InChI is InChI=1S/C31H33FN2O/c1-22-11-13-23(14-12-22)20-34-21-29(27-9-5-6-10-30(27)34)28(24-15-17-25(32)18-16-24)19-31(35)33-26-7-3-2-4-8-26/h5-6,9-18,21,26,28H,2-4,7-8,19-20H2,1H3,(H,33,35). The van der Waals surface area contributed by atoms with Crippen LogP contribution >= 0.6 is 0 Å². The molecule has 1 fully saturated rings. The van der Waals surface area contributed by atoms with Gasteiger partial charge in [0, 0.05) is 42.0 Å². The van der Waals surface area contributed by atoms with E-state index in [0.29, 0.717) is 6.42 Å². The van der Waals surface area contributed by atoms with Gasteiger partial charge in [-0.2, -0.15) is 0 Å². The van der Waals surface area contributed by atoms with E-state index < -0.39 is 0 Å². The van der Waals surface area contributed by atoms with Gasteiger partial charge < -0.3 is 9.88 Å². The third kappa shape index (κ3) is 5.48. The number of hydrogen-bond acceptors (Lipinski definition) is 1. The third-order valence-corrected chi connectivity index (χ3v) is 7.30. The quantitative estimate of drug-likeness (QED) is 0.308. The molecule has 0 spiro atoms. The van der Waals surface area contributed by atoms with Crippen LogP contribution in [0.1, 0.15) is 66.7 Å². The SMILES string of the molecule is Cc1ccc(Cn2cc(C(CC(=O)NC3CCCCC3)c3ccc(F)cc3)c3ccccc32)cc1. The summed E-state index contributed by atoms with van der Waals surface area (Å²) in [6, 6.07) is 23.9. The molecular formula is C31H33FN2O. The summed E-state index contributed by atoms with van der Waals surface area (Å²) >= 11 is 0. The van der Waals surface area contributed by atoms with Crippen molar-refractivity contribution in [3.63, 3.8) is 0 Å². The number of aromatic nitrogens is 1. The van der Waals surface area contributed by atoms with Gasteiger partial charge in [0.1, 0.15) is 5.82 Å². The van der Waals surface area contributed by atoms with E-state index in [9.17, 15) is 9.18 Å². The molecule has 1 amide bonds. The molecule has 4 aromatic rings. The molecule has 1 aromatic heterocycles. The lowest BCUT2D eigenvalue weighted by atomic mass is 9.87. The van der Waals surface area contributed by atoms with E-state index in [1.165, 1.54) is 42.5 Å². The number of carbonyl (C=O) groups excluding carboxylic acids is 1. The Kier molecular flexibility index (Phi) is 6.98. The second-order valence-electron chi connectivity index (χ2n) is 9.93. The second-order valence-corrected chi connectivity index (χ2v) is 9.93. The molecule has 180 valence electrons. The van der Waals surface area contributed by atoms with Crippen LogP contribution in [0, 0.1) is 12.7 Å². The number of rotatable bonds is 7. The van der Waals surface area contributed by atoms with Gasteiger partial charge in [-0.25, -0.2) is 4.39 Å². The number of benzene rings is 3. The number of carbonyl (C=O) groups is 1. The molecule has 1 atom stereocenters. The van der Waals surface area contributed by atoms with E-state index in [2.05, 4.69) is 65.5 Å². The summed E-state index contributed by atoms with van der Waals surface area (Å²) in [5.41, 5.74) is 5.69. The summed E-state index contributed by atoms with van der Waals surface area (Å²) in [7, 11) is 0. The third-order valence-electron chi connectivity index (χ3n) is 7.30. The highest BCUT2D eigenvalue weighted by atomic mass is 19.1. The maximum absolute atomic E-state index is 13.8. The Morgan fingerprint density at radius 3 is 2.43 bits per heavy atom. The fourth-order valence-electron chi connectivity index (χ4n) is 5.40. The summed E-state index contributed by atoms with van der Waals surface area (Å²) in [6.07, 6.45) is 8.27. The van der Waals surface area contributed by atoms with Crippen molar-refractivity contribution in [3.05, 3.63) is 107 Å². The normalized spacial score (nSPS) is 15.3. The molecule has 0 saturated heterocycles. The lowest BCUT2D eigenvalue weighted by Crippen LogP contribution is -2.36. The minimum Gasteiger partial charge on any atom is -0.353 e. The second kappa shape index (κ2) is 10.5. The van der Waals surface area contributed by atoms with Crippen LogP contribution in [0.5, 0.6) is 0 Å². The van der Waals surface area contributed by atoms with Gasteiger partial charge in [-0.1, -0.05) is 79.4 Å². The van der Waals surface area contributed by atoms with Crippen molar-refractivity contribution < 1.29 is 9.18 Å². The largest absolute Gasteiger partial charge is 0.353 e. The molecule has 35 heavy (non-hydrogen) atoms. The van der Waals surface area contributed by atoms with Crippen LogP contribution in [0.25, 0.3) is 10.9 Å². The average molecular weight is 469 g/mol. The summed E-state index contributed by atoms with van der Waals surface area (Å²) in [5.74, 6) is -0.342. The Hall–Kier alpha value is -3.40. The first kappa shape index (κ1) is 23.3. The smallest absolute Gasteiger partial charge is 0.221 e. The first-order valence-electron chi connectivity index (χ1n) is 12.7. The predicted octanol–water partition coefficient (Wildman–Crippen LogP) is 7.11. The highest BCUT2D eigenvalue weighted by Gasteiger charge is 2.24. The van der Waals surface area contributed by atoms with Gasteiger partial charge in [0.15, 0.2) is 0 Å². The van der Waals surface area contributed by atoms with Crippen LogP contribution in [0.3, 0.4) is 0 Å². The molecule has 1 heterocycles. The van der Waals surface area contributed by atoms with E-state index in [0.717, 1.165) is 41.4 Å². The van der Waals surface area contributed by atoms with Gasteiger partial charge in [0.25, 0.3) is 0 Å². The first-order valence-corrected chi connectivity index (χ1v) is 12.7. The van der Waals surface area contributed by atoms with E-state index in [-0.39, 0.29) is 23.7 Å². The number of hydrogen-bond donors (Lipinski definition) is 1. The summed E-state index contributed by atoms with van der Waals surface area (Å²) in [6.45, 7) is 2.85. The van der Waals surface area contributed by atoms with E-state index in [1.54, 1.807) is 0 Å². The van der Waals surface area contributed by atoms with Crippen molar-refractivity contribution in [1.29, 1.82) is 0 Å². The summed E-state index contributed by atoms with van der Waals surface area (Å²) in [5, 5.41) is 4.42. The van der Waals surface area contributed by atoms with Gasteiger partial charge in [-0.05, 0) is 54.7 Å². The van der Waals surface area contributed by atoms with Crippen LogP contribution in [-0.4, -0.2) is 16.5 Å². The fourth-order valence-corrected chi connectivity index (χ4v) is 5.40. The van der Waals surface area contributed by atoms with Crippen LogP contribution < -0.4 is 5.32 Å². The molecule has 1 aliphatic rings. The van der Waals surface area contributed by atoms with Crippen LogP contribution in [-0.2, 0) is 11.3 Å². The van der Waals surface area contributed by atoms with Gasteiger partial charge in [0.2, 0.25) is 5.91 Å². The Morgan fingerprint density at radius 2 is 1.69 bits per heavy atom. The van der Waals surface area contributed by atoms with Crippen molar-refractivity contribution >= 4 is 16.8 Å². The number of nitrogens with zero attached hydrogens (tertiary/aromatic N) is 1. The predicted molar refractivity (Wildman–Crippen MR) is 140 cm³/mol. The Balaban J connectivity index is 1.50. The summed E-state index contributed by atoms with van der Waals surface area (Å²) < 4.78 is 16.0. The molecule has 0 bridgehead atoms. The molecule has 3 nitrogen and oxygen atoms in total. The average Bonchev–Trinajstić information content (AvgIpc) is 3.23. The minimum atomic E-state index is -0.263. The zero-order chi connectivity index (χ0) is 24.2. The van der Waals surface area contributed by atoms with Crippen molar-refractivity contribution in [2.75, 3.05) is 0 Å². The van der Waals surface area contributed by atoms with Crippen molar-refractivity contribution in [3.8, 4) is 0 Å². The molecule has 0 radical (unpaired) electrons. The zero-order valence-corrected chi connectivity index (χ0v) is 20.3. The monoisotopic (exact) mass is 468 g/mol. The van der Waals surface area contributed by atoms with Gasteiger partial charge >= 0.3 is 0 Å². The molecule has 1 unspecified atom stereocenters. The highest BCUT2D eigenvalue weighted by molar-refractivity contribution is 5.87. The van der Waals surface area contributed by atoms with Gasteiger partial charge in [0.05, 0.1) is 0 Å². The Labute approximate surface area is 207 Å². The molecular weight excluding hydrogens is 435 g/mol. The number of halogens is 1. The topological polar surface area (TPSA) is 34.0 Å². The van der Waals surface area contributed by atoms with E-state index in [4.69, 9.17) is 0 Å². The number of para-hydroxylation sites is 1. The summed E-state index contributed by atoms with van der Waals surface area (Å²) in [4.78, 5) is 13.2. The van der Waals surface area contributed by atoms with Crippen molar-refractivity contribution in [1.82, 2.24) is 9.88 Å². The molecule has 3 aromatic carbocycles. The first-order chi connectivity index (χ1) is 17.1. The lowest BCUT2D eigenvalue weighted by molar-refractivity contribution is -0.122. The Morgan fingerprint density at radius 1 is 0.971 bits per heavy atom. The highest BCUT2D eigenvalue weighted by Crippen LogP contribution is 2.35. The minimum absolute atomic E-state index is 0.0709. The van der Waals surface area contributed by atoms with E-state index in [1.807, 2.05) is 18.2 Å². The van der Waals surface area contributed by atoms with Crippen LogP contribution in [0.2, 0.25) is 0 Å². The zero-order valence-electron chi connectivity index (χ0n) is 20.3. The van der Waals surface area contributed by atoms with Crippen LogP contribution in [0.4, 0.5) is 4.39 Å². The molecule has 1 aliphatic carbocycles. The maximum Gasteiger partial charge on any atom is 0.221 e. The number of nitrogens with one attached hydrogen (secondary N) is 1. The fraction of sp³-hybridized carbons (Fsp3) is 0.323. The number of fused-ring (bicyclic) bond motifs is 1. The number of amides is 1. The molecule has 5 rings (SSSR count). The van der Waals surface area contributed by atoms with Crippen molar-refractivity contribution in [2.24, 2.45) is 0 Å². The van der Waals surface area contributed by atoms with Gasteiger partial charge in [-0.15, -0.1) is 0 Å². The Bertz CT molecular complexity index is 1280. The molecule has 1 saturated carbocycles. The number of aryl methyl sites for hydroxylation is 1. The molecule has 0 aliphatic heterocycles. The van der Waals surface area contributed by atoms with E-state index >= 15 is 0 Å². The maximum atomic E-state index is 13.8. The van der Waals surface area contributed by atoms with Crippen LogP contribution in [0.15, 0.2) is 79.0 Å². The van der Waals surface area contributed by atoms with Gasteiger partial charge in [-0.3, -0.25) is 4.79 Å². The lowest BCUT2D eigenvalue weighted by Gasteiger charge is -2.24. The molecule has 1 N–H and O–H groups in total. The molecule has 4 heteroatoms.